The standard InChI is InChI=1S/C13H19N3O3S/c1-15-6-7-16(9-13(15)17)20(18,19)10-12-4-2-11(8-14)3-5-12/h2-5H,6-10,14H2,1H3. The van der Waals surface area contributed by atoms with Gasteiger partial charge in [0.05, 0.1) is 12.3 Å². The van der Waals surface area contributed by atoms with Crippen LogP contribution in [0.4, 0.5) is 0 Å². The summed E-state index contributed by atoms with van der Waals surface area (Å²) in [6.45, 7) is 1.15. The molecule has 0 saturated carbocycles. The van der Waals surface area contributed by atoms with Gasteiger partial charge in [-0.1, -0.05) is 24.3 Å². The number of hydrogen-bond acceptors (Lipinski definition) is 4. The fourth-order valence-electron chi connectivity index (χ4n) is 2.05. The predicted molar refractivity (Wildman–Crippen MR) is 76.2 cm³/mol. The van der Waals surface area contributed by atoms with Gasteiger partial charge in [-0.2, -0.15) is 4.31 Å². The van der Waals surface area contributed by atoms with Crippen LogP contribution in [0.3, 0.4) is 0 Å². The van der Waals surface area contributed by atoms with Gasteiger partial charge in [0.15, 0.2) is 0 Å². The lowest BCUT2D eigenvalue weighted by Crippen LogP contribution is -2.50. The third kappa shape index (κ3) is 3.36. The molecule has 0 spiro atoms. The summed E-state index contributed by atoms with van der Waals surface area (Å²) in [4.78, 5) is 13.1. The van der Waals surface area contributed by atoms with Crippen molar-refractivity contribution < 1.29 is 13.2 Å². The van der Waals surface area contributed by atoms with Crippen molar-refractivity contribution in [2.24, 2.45) is 5.73 Å². The van der Waals surface area contributed by atoms with Crippen LogP contribution >= 0.6 is 0 Å². The second-order valence-electron chi connectivity index (χ2n) is 4.93. The van der Waals surface area contributed by atoms with E-state index in [1.54, 1.807) is 24.1 Å². The Morgan fingerprint density at radius 1 is 1.15 bits per heavy atom. The summed E-state index contributed by atoms with van der Waals surface area (Å²) in [5.41, 5.74) is 7.17. The molecule has 1 saturated heterocycles. The fourth-order valence-corrected chi connectivity index (χ4v) is 3.51. The van der Waals surface area contributed by atoms with E-state index in [9.17, 15) is 13.2 Å². The van der Waals surface area contributed by atoms with Crippen molar-refractivity contribution in [3.8, 4) is 0 Å². The lowest BCUT2D eigenvalue weighted by Gasteiger charge is -2.31. The van der Waals surface area contributed by atoms with Gasteiger partial charge in [0, 0.05) is 26.7 Å². The average Bonchev–Trinajstić information content (AvgIpc) is 2.42. The molecule has 2 rings (SSSR count). The summed E-state index contributed by atoms with van der Waals surface area (Å²) >= 11 is 0. The van der Waals surface area contributed by atoms with E-state index in [-0.39, 0.29) is 18.2 Å². The Labute approximate surface area is 119 Å². The average molecular weight is 297 g/mol. The topological polar surface area (TPSA) is 83.7 Å². The van der Waals surface area contributed by atoms with Crippen molar-refractivity contribution in [2.75, 3.05) is 26.7 Å². The van der Waals surface area contributed by atoms with Crippen molar-refractivity contribution in [1.29, 1.82) is 0 Å². The second kappa shape index (κ2) is 5.90. The molecule has 0 radical (unpaired) electrons. The zero-order valence-electron chi connectivity index (χ0n) is 11.4. The fraction of sp³-hybridized carbons (Fsp3) is 0.462. The molecule has 0 aromatic heterocycles. The first-order valence-corrected chi connectivity index (χ1v) is 8.03. The SMILES string of the molecule is CN1CCN(S(=O)(=O)Cc2ccc(CN)cc2)CC1=O. The van der Waals surface area contributed by atoms with Crippen LogP contribution in [-0.4, -0.2) is 50.2 Å². The minimum Gasteiger partial charge on any atom is -0.343 e. The van der Waals surface area contributed by atoms with E-state index in [2.05, 4.69) is 0 Å². The molecule has 1 aromatic rings. The largest absolute Gasteiger partial charge is 0.343 e. The summed E-state index contributed by atoms with van der Waals surface area (Å²) in [5, 5.41) is 0. The van der Waals surface area contributed by atoms with Gasteiger partial charge in [-0.15, -0.1) is 0 Å². The lowest BCUT2D eigenvalue weighted by molar-refractivity contribution is -0.132. The molecule has 0 bridgehead atoms. The molecule has 20 heavy (non-hydrogen) atoms. The monoisotopic (exact) mass is 297 g/mol. The number of carbonyl (C=O) groups is 1. The van der Waals surface area contributed by atoms with Gasteiger partial charge in [-0.05, 0) is 11.1 Å². The van der Waals surface area contributed by atoms with E-state index in [4.69, 9.17) is 5.73 Å². The molecule has 1 amide bonds. The molecule has 1 fully saturated rings. The molecule has 110 valence electrons. The minimum absolute atomic E-state index is 0.0697. The van der Waals surface area contributed by atoms with Crippen molar-refractivity contribution in [1.82, 2.24) is 9.21 Å². The summed E-state index contributed by atoms with van der Waals surface area (Å²) < 4.78 is 25.8. The van der Waals surface area contributed by atoms with Crippen LogP contribution in [-0.2, 0) is 27.1 Å². The highest BCUT2D eigenvalue weighted by atomic mass is 32.2. The van der Waals surface area contributed by atoms with E-state index in [1.165, 1.54) is 4.31 Å². The summed E-state index contributed by atoms with van der Waals surface area (Å²) in [6, 6.07) is 7.16. The molecular formula is C13H19N3O3S. The smallest absolute Gasteiger partial charge is 0.237 e. The number of rotatable bonds is 4. The Bertz CT molecular complexity index is 583. The van der Waals surface area contributed by atoms with E-state index < -0.39 is 10.0 Å². The predicted octanol–water partition coefficient (Wildman–Crippen LogP) is -0.251. The number of amides is 1. The number of benzene rings is 1. The van der Waals surface area contributed by atoms with Crippen LogP contribution in [0.15, 0.2) is 24.3 Å². The number of nitrogens with two attached hydrogens (primary N) is 1. The van der Waals surface area contributed by atoms with E-state index >= 15 is 0 Å². The lowest BCUT2D eigenvalue weighted by atomic mass is 10.1. The third-order valence-electron chi connectivity index (χ3n) is 3.42. The molecule has 2 N–H and O–H groups in total. The molecule has 1 aliphatic rings. The number of sulfonamides is 1. The number of nitrogens with zero attached hydrogens (tertiary/aromatic N) is 2. The Kier molecular flexibility index (Phi) is 4.42. The van der Waals surface area contributed by atoms with Crippen LogP contribution < -0.4 is 5.73 Å². The second-order valence-corrected chi connectivity index (χ2v) is 6.89. The normalized spacial score (nSPS) is 17.5. The zero-order chi connectivity index (χ0) is 14.8. The number of piperazine rings is 1. The Morgan fingerprint density at radius 2 is 1.75 bits per heavy atom. The van der Waals surface area contributed by atoms with Gasteiger partial charge in [0.1, 0.15) is 0 Å². The number of hydrogen-bond donors (Lipinski definition) is 1. The van der Waals surface area contributed by atoms with Crippen LogP contribution in [0.1, 0.15) is 11.1 Å². The first-order valence-electron chi connectivity index (χ1n) is 6.42. The highest BCUT2D eigenvalue weighted by Gasteiger charge is 2.30. The van der Waals surface area contributed by atoms with Gasteiger partial charge >= 0.3 is 0 Å². The first kappa shape index (κ1) is 15.0. The van der Waals surface area contributed by atoms with Gasteiger partial charge < -0.3 is 10.6 Å². The van der Waals surface area contributed by atoms with Crippen LogP contribution in [0.5, 0.6) is 0 Å². The van der Waals surface area contributed by atoms with Gasteiger partial charge in [0.25, 0.3) is 0 Å². The molecule has 7 heteroatoms. The first-order chi connectivity index (χ1) is 9.42. The maximum Gasteiger partial charge on any atom is 0.237 e. The van der Waals surface area contributed by atoms with Gasteiger partial charge in [0.2, 0.25) is 15.9 Å². The molecule has 1 aliphatic heterocycles. The minimum atomic E-state index is -3.46. The van der Waals surface area contributed by atoms with Gasteiger partial charge in [-0.25, -0.2) is 8.42 Å². The van der Waals surface area contributed by atoms with Crippen molar-refractivity contribution in [3.63, 3.8) is 0 Å². The summed E-state index contributed by atoms with van der Waals surface area (Å²) in [6.07, 6.45) is 0. The van der Waals surface area contributed by atoms with Crippen molar-refractivity contribution in [3.05, 3.63) is 35.4 Å². The zero-order valence-corrected chi connectivity index (χ0v) is 12.3. The molecule has 0 aliphatic carbocycles. The molecule has 1 aromatic carbocycles. The van der Waals surface area contributed by atoms with E-state index in [1.807, 2.05) is 12.1 Å². The molecule has 0 atom stereocenters. The van der Waals surface area contributed by atoms with Crippen LogP contribution in [0.2, 0.25) is 0 Å². The Morgan fingerprint density at radius 3 is 2.30 bits per heavy atom. The molecule has 0 unspecified atom stereocenters. The maximum atomic E-state index is 12.3. The van der Waals surface area contributed by atoms with Crippen molar-refractivity contribution in [2.45, 2.75) is 12.3 Å². The maximum absolute atomic E-state index is 12.3. The third-order valence-corrected chi connectivity index (χ3v) is 5.22. The molecule has 1 heterocycles. The molecular weight excluding hydrogens is 278 g/mol. The molecule has 6 nitrogen and oxygen atoms in total. The Balaban J connectivity index is 2.08. The summed E-state index contributed by atoms with van der Waals surface area (Å²) in [7, 11) is -1.78. The van der Waals surface area contributed by atoms with E-state index in [0.29, 0.717) is 25.2 Å². The van der Waals surface area contributed by atoms with Gasteiger partial charge in [-0.3, -0.25) is 4.79 Å². The Hall–Kier alpha value is -1.44. The summed E-state index contributed by atoms with van der Waals surface area (Å²) in [5.74, 6) is -0.257. The van der Waals surface area contributed by atoms with Crippen LogP contribution in [0.25, 0.3) is 0 Å². The number of likely N-dealkylation sites (N-methyl/N-ethyl adjacent to an activating group) is 1. The van der Waals surface area contributed by atoms with Crippen LogP contribution in [0, 0.1) is 0 Å². The van der Waals surface area contributed by atoms with E-state index in [0.717, 1.165) is 5.56 Å². The quantitative estimate of drug-likeness (QED) is 0.830. The highest BCUT2D eigenvalue weighted by Crippen LogP contribution is 2.14. The highest BCUT2D eigenvalue weighted by molar-refractivity contribution is 7.88. The number of carbonyl (C=O) groups excluding carboxylic acids is 1. The van der Waals surface area contributed by atoms with Crippen molar-refractivity contribution >= 4 is 15.9 Å².